The van der Waals surface area contributed by atoms with Crippen molar-refractivity contribution in [2.24, 2.45) is 0 Å². The van der Waals surface area contributed by atoms with Crippen molar-refractivity contribution in [3.05, 3.63) is 297 Å². The van der Waals surface area contributed by atoms with Gasteiger partial charge in [0.2, 0.25) is 5.95 Å². The molecule has 2 aliphatic rings. The number of hydrogen-bond acceptors (Lipinski definition) is 6. The van der Waals surface area contributed by atoms with E-state index < -0.39 is 0 Å². The molecule has 0 unspecified atom stereocenters. The Kier molecular flexibility index (Phi) is 12.2. The number of para-hydroxylation sites is 10. The molecular weight excluding hydrogens is 1130 g/mol. The molecule has 0 atom stereocenters. The fourth-order valence-electron chi connectivity index (χ4n) is 14.2. The van der Waals surface area contributed by atoms with Crippen LogP contribution in [0.3, 0.4) is 0 Å². The number of aromatic nitrogens is 10. The van der Waals surface area contributed by atoms with E-state index in [1.54, 1.807) is 0 Å². The average molecular weight is 1180 g/mol. The highest BCUT2D eigenvalue weighted by atomic mass is 16.5. The SMILES string of the molecule is CC.c1ccc(-c2cccc(N3c4c5ccccc5nn4B(c4ccc5c(c4)c4ccccc4n5-c4ccccc4)n4c3nc3ccccc34)c2)cc1.c1ccc(-n2c3ccccc3c3cc(B4n5c(nc6ccccc65)Oc5nc6ccccc6n54)ccc32)cc1. The summed E-state index contributed by atoms with van der Waals surface area (Å²) in [6, 6.07) is 106. The topological polar surface area (TPSA) is 93.6 Å². The Hall–Kier alpha value is -12.2. The van der Waals surface area contributed by atoms with E-state index in [-0.39, 0.29) is 14.0 Å². The van der Waals surface area contributed by atoms with Gasteiger partial charge in [0.1, 0.15) is 5.82 Å². The first-order chi connectivity index (χ1) is 45.7. The zero-order valence-corrected chi connectivity index (χ0v) is 50.3. The molecular formula is C78H55B2N11O. The lowest BCUT2D eigenvalue weighted by atomic mass is 9.66. The Morgan fingerprint density at radius 2 is 0.717 bits per heavy atom. The van der Waals surface area contributed by atoms with E-state index >= 15 is 0 Å². The van der Waals surface area contributed by atoms with Gasteiger partial charge in [0.05, 0.1) is 66.4 Å². The first-order valence-corrected chi connectivity index (χ1v) is 31.4. The van der Waals surface area contributed by atoms with Crippen LogP contribution in [-0.4, -0.2) is 61.2 Å². The number of anilines is 3. The third-order valence-electron chi connectivity index (χ3n) is 18.1. The molecule has 0 bridgehead atoms. The summed E-state index contributed by atoms with van der Waals surface area (Å²) >= 11 is 0. The molecule has 14 heteroatoms. The van der Waals surface area contributed by atoms with Crippen molar-refractivity contribution < 1.29 is 4.74 Å². The van der Waals surface area contributed by atoms with Gasteiger partial charge in [-0.1, -0.05) is 202 Å². The molecule has 434 valence electrons. The van der Waals surface area contributed by atoms with Crippen LogP contribution in [0.15, 0.2) is 297 Å². The third-order valence-corrected chi connectivity index (χ3v) is 18.1. The van der Waals surface area contributed by atoms with Crippen molar-refractivity contribution in [2.75, 3.05) is 4.90 Å². The number of benzene rings is 12. The molecule has 0 fully saturated rings. The lowest BCUT2D eigenvalue weighted by Crippen LogP contribution is -2.50. The first kappa shape index (κ1) is 52.9. The van der Waals surface area contributed by atoms with Gasteiger partial charge in [0.15, 0.2) is 0 Å². The van der Waals surface area contributed by atoms with Crippen molar-refractivity contribution in [1.82, 2.24) is 47.2 Å². The van der Waals surface area contributed by atoms with Gasteiger partial charge in [-0.05, 0) is 131 Å². The van der Waals surface area contributed by atoms with Crippen LogP contribution >= 0.6 is 0 Å². The largest absolute Gasteiger partial charge is 0.442 e. The molecule has 0 saturated heterocycles. The molecule has 0 spiro atoms. The number of nitrogens with zero attached hydrogens (tertiary/aromatic N) is 11. The molecule has 12 aromatic carbocycles. The maximum absolute atomic E-state index is 6.32. The lowest BCUT2D eigenvalue weighted by molar-refractivity contribution is 0.393. The molecule has 12 nitrogen and oxygen atoms in total. The fourth-order valence-corrected chi connectivity index (χ4v) is 14.2. The van der Waals surface area contributed by atoms with Gasteiger partial charge < -0.3 is 27.3 Å². The van der Waals surface area contributed by atoms with Crippen molar-refractivity contribution in [3.8, 4) is 34.5 Å². The van der Waals surface area contributed by atoms with Crippen LogP contribution in [0.25, 0.3) is 110 Å². The summed E-state index contributed by atoms with van der Waals surface area (Å²) in [6.07, 6.45) is 0. The Morgan fingerprint density at radius 1 is 0.304 bits per heavy atom. The Morgan fingerprint density at radius 3 is 1.27 bits per heavy atom. The van der Waals surface area contributed by atoms with E-state index in [4.69, 9.17) is 24.8 Å². The van der Waals surface area contributed by atoms with Crippen LogP contribution < -0.4 is 20.6 Å². The molecule has 20 rings (SSSR count). The highest BCUT2D eigenvalue weighted by Gasteiger charge is 2.42. The first-order valence-electron chi connectivity index (χ1n) is 31.4. The Bertz CT molecular complexity index is 5800. The summed E-state index contributed by atoms with van der Waals surface area (Å²) in [4.78, 5) is 17.3. The molecule has 0 amide bonds. The number of imidazole rings is 3. The van der Waals surface area contributed by atoms with Crippen LogP contribution in [-0.2, 0) is 0 Å². The quantitative estimate of drug-likeness (QED) is 0.154. The van der Waals surface area contributed by atoms with E-state index in [2.05, 4.69) is 293 Å². The summed E-state index contributed by atoms with van der Waals surface area (Å²) in [7, 11) is 0. The van der Waals surface area contributed by atoms with E-state index in [1.807, 2.05) is 50.2 Å². The summed E-state index contributed by atoms with van der Waals surface area (Å²) < 4.78 is 20.0. The summed E-state index contributed by atoms with van der Waals surface area (Å²) in [6.45, 7) is 3.50. The van der Waals surface area contributed by atoms with Gasteiger partial charge in [-0.25, -0.2) is 4.98 Å². The minimum absolute atomic E-state index is 0.216. The van der Waals surface area contributed by atoms with Gasteiger partial charge >= 0.3 is 14.0 Å². The monoisotopic (exact) mass is 1180 g/mol. The van der Waals surface area contributed by atoms with Crippen LogP contribution in [0.2, 0.25) is 0 Å². The van der Waals surface area contributed by atoms with Crippen LogP contribution in [0.1, 0.15) is 13.8 Å². The Balaban J connectivity index is 0.000000137. The van der Waals surface area contributed by atoms with Gasteiger partial charge in [-0.2, -0.15) is 15.1 Å². The summed E-state index contributed by atoms with van der Waals surface area (Å²) in [5.74, 6) is 1.85. The van der Waals surface area contributed by atoms with E-state index in [9.17, 15) is 0 Å². The van der Waals surface area contributed by atoms with Gasteiger partial charge in [-0.15, -0.1) is 0 Å². The predicted molar refractivity (Wildman–Crippen MR) is 378 cm³/mol. The van der Waals surface area contributed by atoms with E-state index in [0.29, 0.717) is 12.0 Å². The van der Waals surface area contributed by atoms with Crippen molar-refractivity contribution in [2.45, 2.75) is 13.8 Å². The smallest absolute Gasteiger partial charge is 0.393 e. The summed E-state index contributed by atoms with van der Waals surface area (Å²) in [5, 5.41) is 11.3. The second kappa shape index (κ2) is 21.3. The number of rotatable bonds is 6. The molecule has 8 heterocycles. The fraction of sp³-hybridized carbons (Fsp3) is 0.0256. The van der Waals surface area contributed by atoms with Crippen molar-refractivity contribution in [3.63, 3.8) is 0 Å². The molecule has 6 aromatic heterocycles. The van der Waals surface area contributed by atoms with Gasteiger partial charge in [0.25, 0.3) is 12.0 Å². The maximum Gasteiger partial charge on any atom is 0.442 e. The normalized spacial score (nSPS) is 12.5. The molecule has 18 aromatic rings. The number of hydrogen-bond donors (Lipinski definition) is 0. The predicted octanol–water partition coefficient (Wildman–Crippen LogP) is 17.1. The molecule has 0 aliphatic carbocycles. The standard InChI is InChI=1S/C44H29BN6.C32H20BN5O.C2H6/c1-3-14-30(15-4-1)31-16-13-19-34(28-31)49-43-36-21-7-9-22-38(36)47-51(43)45(50-42-25-12-10-23-39(42)46-44(49)50)32-26-27-41-37(29-32)35-20-8-11-24-40(35)48(41)33-17-5-2-6-18-33;1-2-10-22(11-3-1)36-27-15-7-4-12-23(27)24-20-21(18-19-28(24)36)33-37-29-16-8-5-13-25(29)34-31(37)39-32-35-26-14-6-9-17-30(26)38(32)33;1-2/h1-29H;1-20H;1-2H3. The Labute approximate surface area is 529 Å². The molecule has 92 heavy (non-hydrogen) atoms. The number of ether oxygens (including phenoxy) is 1. The second-order valence-corrected chi connectivity index (χ2v) is 23.1. The van der Waals surface area contributed by atoms with Gasteiger partial charge in [0, 0.05) is 38.3 Å². The zero-order chi connectivity index (χ0) is 61.0. The second-order valence-electron chi connectivity index (χ2n) is 23.1. The maximum atomic E-state index is 6.32. The van der Waals surface area contributed by atoms with Gasteiger partial charge in [-0.3, -0.25) is 9.49 Å². The molecule has 0 radical (unpaired) electrons. The average Bonchev–Trinajstić information content (AvgIpc) is 1.53. The van der Waals surface area contributed by atoms with Crippen LogP contribution in [0.4, 0.5) is 17.5 Å². The highest BCUT2D eigenvalue weighted by molar-refractivity contribution is 6.73. The lowest BCUT2D eigenvalue weighted by Gasteiger charge is -2.34. The third kappa shape index (κ3) is 8.13. The zero-order valence-electron chi connectivity index (χ0n) is 50.3. The number of fused-ring (bicyclic) bond motifs is 18. The minimum Gasteiger partial charge on any atom is -0.393 e. The highest BCUT2D eigenvalue weighted by Crippen LogP contribution is 2.45. The molecule has 0 N–H and O–H groups in total. The summed E-state index contributed by atoms with van der Waals surface area (Å²) in [5.41, 5.74) is 19.4. The van der Waals surface area contributed by atoms with E-state index in [1.165, 1.54) is 49.2 Å². The van der Waals surface area contributed by atoms with Crippen molar-refractivity contribution >= 4 is 130 Å². The van der Waals surface area contributed by atoms with Crippen LogP contribution in [0, 0.1) is 0 Å². The molecule has 0 saturated carbocycles. The molecule has 2 aliphatic heterocycles. The minimum atomic E-state index is -0.286. The van der Waals surface area contributed by atoms with Crippen molar-refractivity contribution in [1.29, 1.82) is 0 Å². The van der Waals surface area contributed by atoms with Crippen LogP contribution in [0.5, 0.6) is 12.0 Å². The van der Waals surface area contributed by atoms with E-state index in [0.717, 1.165) is 89.3 Å².